The van der Waals surface area contributed by atoms with Gasteiger partial charge in [0.2, 0.25) is 0 Å². The summed E-state index contributed by atoms with van der Waals surface area (Å²) >= 11 is 17.1. The van der Waals surface area contributed by atoms with Gasteiger partial charge in [-0.25, -0.2) is 0 Å². The van der Waals surface area contributed by atoms with Crippen molar-refractivity contribution in [1.29, 1.82) is 0 Å². The van der Waals surface area contributed by atoms with Crippen LogP contribution >= 0.6 is 50.5 Å². The third-order valence-corrected chi connectivity index (χ3v) is 4.76. The van der Waals surface area contributed by atoms with Gasteiger partial charge in [-0.2, -0.15) is 0 Å². The van der Waals surface area contributed by atoms with E-state index < -0.39 is 0 Å². The van der Waals surface area contributed by atoms with Gasteiger partial charge < -0.3 is 10.1 Å². The Morgan fingerprint density at radius 1 is 1.26 bits per heavy atom. The molecular weight excluding hydrogens is 369 g/mol. The van der Waals surface area contributed by atoms with Gasteiger partial charge in [0.25, 0.3) is 0 Å². The zero-order valence-corrected chi connectivity index (χ0v) is 13.9. The molecule has 0 atom stereocenters. The van der Waals surface area contributed by atoms with Crippen LogP contribution < -0.4 is 10.1 Å². The van der Waals surface area contributed by atoms with Gasteiger partial charge in [0.1, 0.15) is 12.4 Å². The summed E-state index contributed by atoms with van der Waals surface area (Å²) in [6.45, 7) is 2.15. The van der Waals surface area contributed by atoms with Crippen LogP contribution in [-0.4, -0.2) is 13.2 Å². The Balaban J connectivity index is 1.75. The molecule has 0 bridgehead atoms. The van der Waals surface area contributed by atoms with E-state index >= 15 is 0 Å². The second-order valence-corrected chi connectivity index (χ2v) is 6.50. The molecule has 0 aliphatic carbocycles. The number of hydrogen-bond donors (Lipinski definition) is 1. The maximum Gasteiger partial charge on any atom is 0.139 e. The molecule has 0 spiro atoms. The predicted molar refractivity (Wildman–Crippen MR) is 85.7 cm³/mol. The van der Waals surface area contributed by atoms with Crippen molar-refractivity contribution < 1.29 is 4.74 Å². The fraction of sp³-hybridized carbons (Fsp3) is 0.231. The lowest BCUT2D eigenvalue weighted by Crippen LogP contribution is -2.20. The zero-order valence-electron chi connectivity index (χ0n) is 9.96. The number of halogens is 3. The van der Waals surface area contributed by atoms with Crippen molar-refractivity contribution >= 4 is 50.5 Å². The minimum Gasteiger partial charge on any atom is -0.491 e. The molecule has 0 aliphatic heterocycles. The van der Waals surface area contributed by atoms with Gasteiger partial charge in [-0.15, -0.1) is 11.3 Å². The van der Waals surface area contributed by atoms with Crippen molar-refractivity contribution in [3.05, 3.63) is 49.0 Å². The lowest BCUT2D eigenvalue weighted by Gasteiger charge is -2.09. The predicted octanol–water partition coefficient (Wildman–Crippen LogP) is 4.99. The number of benzene rings is 1. The van der Waals surface area contributed by atoms with Gasteiger partial charge in [-0.05, 0) is 33.4 Å². The Morgan fingerprint density at radius 2 is 2.11 bits per heavy atom. The van der Waals surface area contributed by atoms with Gasteiger partial charge in [0.05, 0.1) is 10.0 Å². The molecule has 19 heavy (non-hydrogen) atoms. The lowest BCUT2D eigenvalue weighted by atomic mass is 10.3. The van der Waals surface area contributed by atoms with Crippen molar-refractivity contribution in [3.8, 4) is 5.75 Å². The second kappa shape index (κ2) is 7.50. The number of thiophene rings is 1. The van der Waals surface area contributed by atoms with Crippen molar-refractivity contribution in [1.82, 2.24) is 5.32 Å². The third kappa shape index (κ3) is 4.65. The molecule has 0 saturated carbocycles. The highest BCUT2D eigenvalue weighted by Gasteiger charge is 2.06. The summed E-state index contributed by atoms with van der Waals surface area (Å²) in [7, 11) is 0. The van der Waals surface area contributed by atoms with E-state index in [2.05, 4.69) is 32.7 Å². The van der Waals surface area contributed by atoms with Crippen LogP contribution in [0.2, 0.25) is 10.0 Å². The van der Waals surface area contributed by atoms with Gasteiger partial charge in [-0.1, -0.05) is 29.3 Å². The average molecular weight is 381 g/mol. The summed E-state index contributed by atoms with van der Waals surface area (Å²) in [4.78, 5) is 1.31. The van der Waals surface area contributed by atoms with E-state index in [0.29, 0.717) is 22.4 Å². The summed E-state index contributed by atoms with van der Waals surface area (Å²) in [6.07, 6.45) is 0. The molecule has 102 valence electrons. The largest absolute Gasteiger partial charge is 0.491 e. The fourth-order valence-corrected chi connectivity index (χ4v) is 2.99. The van der Waals surface area contributed by atoms with Crippen molar-refractivity contribution in [3.63, 3.8) is 0 Å². The van der Waals surface area contributed by atoms with Crippen LogP contribution in [0.3, 0.4) is 0 Å². The SMILES string of the molecule is Clc1cc(OCCNCc2cccs2)c(Cl)cc1Br. The first-order valence-corrected chi connectivity index (χ1v) is 8.10. The van der Waals surface area contributed by atoms with Crippen molar-refractivity contribution in [2.75, 3.05) is 13.2 Å². The Kier molecular flexibility index (Phi) is 5.98. The van der Waals surface area contributed by atoms with E-state index in [0.717, 1.165) is 17.6 Å². The van der Waals surface area contributed by atoms with E-state index in [1.54, 1.807) is 23.5 Å². The summed E-state index contributed by atoms with van der Waals surface area (Å²) in [5.41, 5.74) is 0. The molecular formula is C13H12BrCl2NOS. The molecule has 0 amide bonds. The minimum atomic E-state index is 0.545. The number of rotatable bonds is 6. The van der Waals surface area contributed by atoms with Crippen LogP contribution in [-0.2, 0) is 6.54 Å². The quantitative estimate of drug-likeness (QED) is 0.563. The Morgan fingerprint density at radius 3 is 2.84 bits per heavy atom. The molecule has 2 aromatic rings. The summed E-state index contributed by atoms with van der Waals surface area (Å²) < 4.78 is 6.36. The highest BCUT2D eigenvalue weighted by Crippen LogP contribution is 2.33. The topological polar surface area (TPSA) is 21.3 Å². The van der Waals surface area contributed by atoms with E-state index in [9.17, 15) is 0 Å². The van der Waals surface area contributed by atoms with E-state index in [-0.39, 0.29) is 0 Å². The Bertz CT molecular complexity index is 534. The first kappa shape index (κ1) is 15.1. The molecule has 1 aromatic heterocycles. The van der Waals surface area contributed by atoms with Crippen LogP contribution in [0.25, 0.3) is 0 Å². The van der Waals surface area contributed by atoms with Crippen LogP contribution in [0.5, 0.6) is 5.75 Å². The molecule has 0 unspecified atom stereocenters. The molecule has 6 heteroatoms. The number of ether oxygens (including phenoxy) is 1. The number of hydrogen-bond acceptors (Lipinski definition) is 3. The number of nitrogens with one attached hydrogen (secondary N) is 1. The monoisotopic (exact) mass is 379 g/mol. The molecule has 0 saturated heterocycles. The molecule has 1 aromatic carbocycles. The highest BCUT2D eigenvalue weighted by atomic mass is 79.9. The maximum atomic E-state index is 6.06. The van der Waals surface area contributed by atoms with Gasteiger partial charge in [0.15, 0.2) is 0 Å². The normalized spacial score (nSPS) is 10.7. The molecule has 0 radical (unpaired) electrons. The smallest absolute Gasteiger partial charge is 0.139 e. The van der Waals surface area contributed by atoms with E-state index in [1.807, 2.05) is 6.07 Å². The molecule has 0 fully saturated rings. The van der Waals surface area contributed by atoms with Gasteiger partial charge in [-0.3, -0.25) is 0 Å². The standard InChI is InChI=1S/C13H12BrCl2NOS/c14-10-6-12(16)13(7-11(10)15)18-4-3-17-8-9-2-1-5-19-9/h1-2,5-7,17H,3-4,8H2. The zero-order chi connectivity index (χ0) is 13.7. The molecule has 1 heterocycles. The molecule has 2 nitrogen and oxygen atoms in total. The van der Waals surface area contributed by atoms with Gasteiger partial charge in [0, 0.05) is 28.5 Å². The molecule has 2 rings (SSSR count). The van der Waals surface area contributed by atoms with Crippen LogP contribution in [0.15, 0.2) is 34.1 Å². The first-order valence-electron chi connectivity index (χ1n) is 5.67. The summed E-state index contributed by atoms with van der Waals surface area (Å²) in [5.74, 6) is 0.604. The summed E-state index contributed by atoms with van der Waals surface area (Å²) in [5, 5.41) is 6.51. The first-order chi connectivity index (χ1) is 9.16. The van der Waals surface area contributed by atoms with Gasteiger partial charge >= 0.3 is 0 Å². The van der Waals surface area contributed by atoms with Crippen LogP contribution in [0.1, 0.15) is 4.88 Å². The second-order valence-electron chi connectivity index (χ2n) is 3.80. The molecule has 0 aliphatic rings. The van der Waals surface area contributed by atoms with E-state index in [4.69, 9.17) is 27.9 Å². The average Bonchev–Trinajstić information content (AvgIpc) is 2.88. The third-order valence-electron chi connectivity index (χ3n) is 2.39. The van der Waals surface area contributed by atoms with E-state index in [1.165, 1.54) is 4.88 Å². The summed E-state index contributed by atoms with van der Waals surface area (Å²) in [6, 6.07) is 7.59. The Hall–Kier alpha value is -0.260. The lowest BCUT2D eigenvalue weighted by molar-refractivity contribution is 0.314. The Labute approximate surface area is 134 Å². The van der Waals surface area contributed by atoms with Crippen LogP contribution in [0, 0.1) is 0 Å². The maximum absolute atomic E-state index is 6.06. The highest BCUT2D eigenvalue weighted by molar-refractivity contribution is 9.10. The van der Waals surface area contributed by atoms with Crippen molar-refractivity contribution in [2.24, 2.45) is 0 Å². The fourth-order valence-electron chi connectivity index (χ4n) is 1.47. The molecule has 1 N–H and O–H groups in total. The minimum absolute atomic E-state index is 0.545. The van der Waals surface area contributed by atoms with Crippen molar-refractivity contribution in [2.45, 2.75) is 6.54 Å². The van der Waals surface area contributed by atoms with Crippen LogP contribution in [0.4, 0.5) is 0 Å².